The minimum atomic E-state index is -1.25. The Bertz CT molecular complexity index is 1720. The van der Waals surface area contributed by atoms with Gasteiger partial charge in [0.05, 0.1) is 32.0 Å². The summed E-state index contributed by atoms with van der Waals surface area (Å²) in [5.74, 6) is -5.49. The fourth-order valence-corrected chi connectivity index (χ4v) is 5.21. The molecular weight excluding hydrogens is 716 g/mol. The number of phenolic OH excluding ortho intramolecular Hbond substituents is 1. The molecule has 1 heterocycles. The van der Waals surface area contributed by atoms with Crippen LogP contribution < -0.4 is 43.4 Å². The molecule has 0 unspecified atom stereocenters. The van der Waals surface area contributed by atoms with Gasteiger partial charge in [-0.3, -0.25) is 28.8 Å². The first kappa shape index (κ1) is 43.1. The highest BCUT2D eigenvalue weighted by Gasteiger charge is 2.28. The lowest BCUT2D eigenvalue weighted by Gasteiger charge is -2.22. The average molecular weight is 765 g/mol. The van der Waals surface area contributed by atoms with Crippen molar-refractivity contribution >= 4 is 41.4 Å². The van der Waals surface area contributed by atoms with Crippen LogP contribution in [0.3, 0.4) is 0 Å². The Morgan fingerprint density at radius 1 is 0.673 bits per heavy atom. The Hall–Kier alpha value is -6.34. The van der Waals surface area contributed by atoms with Crippen LogP contribution in [0.1, 0.15) is 36.1 Å². The van der Waals surface area contributed by atoms with Gasteiger partial charge in [0.1, 0.15) is 23.9 Å². The number of aromatic hydroxyl groups is 1. The maximum absolute atomic E-state index is 13.3. The van der Waals surface area contributed by atoms with Gasteiger partial charge in [0.25, 0.3) is 0 Å². The monoisotopic (exact) mass is 764 g/mol. The second-order valence-corrected chi connectivity index (χ2v) is 12.6. The first-order valence-corrected chi connectivity index (χ1v) is 17.5. The molecule has 0 fully saturated rings. The van der Waals surface area contributed by atoms with E-state index in [1.54, 1.807) is 42.5 Å². The number of hydrogen-bond acceptors (Lipinski definition) is 11. The van der Waals surface area contributed by atoms with Crippen molar-refractivity contribution in [3.8, 4) is 5.75 Å². The largest absolute Gasteiger partial charge is 0.508 e. The van der Waals surface area contributed by atoms with Crippen LogP contribution in [0.15, 0.2) is 67.1 Å². The number of nitrogens with zero attached hydrogens (tertiary/aromatic N) is 1. The number of unbranched alkanes of at least 4 members (excludes halogenated alkanes) is 1. The minimum absolute atomic E-state index is 0.0224. The van der Waals surface area contributed by atoms with Crippen LogP contribution in [-0.4, -0.2) is 112 Å². The van der Waals surface area contributed by atoms with Crippen LogP contribution in [0.25, 0.3) is 0 Å². The summed E-state index contributed by atoms with van der Waals surface area (Å²) in [6.07, 6.45) is 4.09. The third-order valence-electron chi connectivity index (χ3n) is 8.15. The smallest absolute Gasteiger partial charge is 0.326 e. The number of nitrogens with one attached hydrogen (secondary N) is 7. The number of aliphatic carboxylic acids is 1. The number of benzene rings is 2. The molecule has 0 aliphatic carbocycles. The van der Waals surface area contributed by atoms with Crippen molar-refractivity contribution < 1.29 is 43.8 Å². The molecule has 0 saturated carbocycles. The molecule has 6 amide bonds. The second kappa shape index (κ2) is 22.7. The van der Waals surface area contributed by atoms with E-state index in [-0.39, 0.29) is 31.4 Å². The summed E-state index contributed by atoms with van der Waals surface area (Å²) < 4.78 is 0. The van der Waals surface area contributed by atoms with Crippen LogP contribution in [0.5, 0.6) is 5.75 Å². The van der Waals surface area contributed by atoms with Crippen LogP contribution >= 0.6 is 0 Å². The number of rotatable bonds is 23. The van der Waals surface area contributed by atoms with E-state index < -0.39 is 85.2 Å². The summed E-state index contributed by atoms with van der Waals surface area (Å²) in [7, 11) is 0. The maximum Gasteiger partial charge on any atom is 0.326 e. The number of nitrogens with two attached hydrogens (primary N) is 2. The molecular formula is C36H48N10O9. The van der Waals surface area contributed by atoms with Gasteiger partial charge in [0.2, 0.25) is 35.4 Å². The highest BCUT2D eigenvalue weighted by Crippen LogP contribution is 2.11. The fourth-order valence-electron chi connectivity index (χ4n) is 5.21. The Balaban J connectivity index is 1.55. The molecule has 0 radical (unpaired) electrons. The van der Waals surface area contributed by atoms with Gasteiger partial charge >= 0.3 is 5.97 Å². The Kier molecular flexibility index (Phi) is 17.7. The molecule has 13 N–H and O–H groups in total. The molecule has 2 aromatic carbocycles. The SMILES string of the molecule is NCCCC[C@H](NC(=O)[C@H](Cc1cnc[nH]1)NC(=O)CNC(=O)[C@H](Cc1ccccc1)NC(=O)CNC(=O)CNC(=O)[C@@H](N)Cc1ccc(O)cc1)C(=O)O. The van der Waals surface area contributed by atoms with Crippen molar-refractivity contribution in [2.24, 2.45) is 11.5 Å². The highest BCUT2D eigenvalue weighted by atomic mass is 16.4. The predicted molar refractivity (Wildman–Crippen MR) is 198 cm³/mol. The van der Waals surface area contributed by atoms with Crippen molar-refractivity contribution in [2.45, 2.75) is 62.7 Å². The zero-order valence-electron chi connectivity index (χ0n) is 30.1. The second-order valence-electron chi connectivity index (χ2n) is 12.6. The average Bonchev–Trinajstić information content (AvgIpc) is 3.68. The Morgan fingerprint density at radius 2 is 1.27 bits per heavy atom. The summed E-state index contributed by atoms with van der Waals surface area (Å²) in [4.78, 5) is 95.6. The predicted octanol–water partition coefficient (Wildman–Crippen LogP) is -2.51. The van der Waals surface area contributed by atoms with E-state index in [2.05, 4.69) is 41.9 Å². The standard InChI is InChI=1S/C36H48N10O9/c37-13-5-4-8-27(36(54)55)46-35(53)29(16-24-17-39-21-43-24)45-32(50)20-42-34(52)28(15-22-6-2-1-3-7-22)44-31(49)19-40-30(48)18-41-33(51)26(38)14-23-9-11-25(47)12-10-23/h1-3,6-7,9-12,17,21,26-29,47H,4-5,8,13-16,18-20,37-38H2,(H,39,43)(H,40,48)(H,41,51)(H,42,52)(H,44,49)(H,45,50)(H,46,53)(H,54,55)/t26-,27-,28-,29-/m0/s1. The Morgan fingerprint density at radius 3 is 1.89 bits per heavy atom. The van der Waals surface area contributed by atoms with E-state index in [0.29, 0.717) is 36.2 Å². The third-order valence-corrected chi connectivity index (χ3v) is 8.15. The molecule has 0 bridgehead atoms. The van der Waals surface area contributed by atoms with E-state index in [0.717, 1.165) is 0 Å². The summed E-state index contributed by atoms with van der Waals surface area (Å²) in [6.45, 7) is -1.25. The maximum atomic E-state index is 13.3. The molecule has 19 nitrogen and oxygen atoms in total. The molecule has 3 aromatic rings. The van der Waals surface area contributed by atoms with Gasteiger partial charge in [-0.1, -0.05) is 42.5 Å². The van der Waals surface area contributed by atoms with E-state index >= 15 is 0 Å². The van der Waals surface area contributed by atoms with Gasteiger partial charge in [-0.15, -0.1) is 0 Å². The number of aromatic nitrogens is 2. The van der Waals surface area contributed by atoms with Crippen molar-refractivity contribution in [2.75, 3.05) is 26.2 Å². The summed E-state index contributed by atoms with van der Waals surface area (Å²) >= 11 is 0. The zero-order chi connectivity index (χ0) is 40.2. The molecule has 0 aliphatic heterocycles. The number of hydrogen-bond donors (Lipinski definition) is 11. The van der Waals surface area contributed by atoms with Gasteiger partial charge in [-0.05, 0) is 55.5 Å². The molecule has 1 aromatic heterocycles. The van der Waals surface area contributed by atoms with Gasteiger partial charge in [0, 0.05) is 24.7 Å². The quantitative estimate of drug-likeness (QED) is 0.0446. The van der Waals surface area contributed by atoms with Crippen LogP contribution in [0, 0.1) is 0 Å². The third kappa shape index (κ3) is 16.1. The van der Waals surface area contributed by atoms with Gasteiger partial charge in [-0.25, -0.2) is 9.78 Å². The van der Waals surface area contributed by atoms with E-state index in [1.165, 1.54) is 24.7 Å². The summed E-state index contributed by atoms with van der Waals surface area (Å²) in [6, 6.07) is 10.2. The molecule has 0 spiro atoms. The van der Waals surface area contributed by atoms with Gasteiger partial charge in [0.15, 0.2) is 0 Å². The van der Waals surface area contributed by atoms with E-state index in [1.807, 2.05) is 0 Å². The van der Waals surface area contributed by atoms with Crippen molar-refractivity contribution in [1.82, 2.24) is 41.9 Å². The molecule has 296 valence electrons. The van der Waals surface area contributed by atoms with Gasteiger partial charge < -0.3 is 58.6 Å². The number of carboxylic acids is 1. The van der Waals surface area contributed by atoms with Crippen LogP contribution in [0.2, 0.25) is 0 Å². The lowest BCUT2D eigenvalue weighted by molar-refractivity contribution is -0.142. The van der Waals surface area contributed by atoms with Gasteiger partial charge in [-0.2, -0.15) is 0 Å². The van der Waals surface area contributed by atoms with Crippen LogP contribution in [0.4, 0.5) is 0 Å². The number of imidazole rings is 1. The molecule has 3 rings (SSSR count). The molecule has 4 atom stereocenters. The van der Waals surface area contributed by atoms with E-state index in [4.69, 9.17) is 11.5 Å². The number of carbonyl (C=O) groups is 7. The van der Waals surface area contributed by atoms with E-state index in [9.17, 15) is 43.8 Å². The topological polar surface area (TPSA) is 313 Å². The molecule has 0 aliphatic rings. The molecule has 0 saturated heterocycles. The zero-order valence-corrected chi connectivity index (χ0v) is 30.1. The number of phenols is 1. The highest BCUT2D eigenvalue weighted by molar-refractivity contribution is 5.94. The summed E-state index contributed by atoms with van der Waals surface area (Å²) in [5, 5.41) is 33.7. The number of H-pyrrole nitrogens is 1. The lowest BCUT2D eigenvalue weighted by atomic mass is 10.1. The number of amides is 6. The first-order valence-electron chi connectivity index (χ1n) is 17.5. The van der Waals surface area contributed by atoms with Crippen molar-refractivity contribution in [1.29, 1.82) is 0 Å². The number of aromatic amines is 1. The lowest BCUT2D eigenvalue weighted by Crippen LogP contribution is -2.55. The normalized spacial score (nSPS) is 12.9. The molecule has 19 heteroatoms. The first-order chi connectivity index (χ1) is 26.3. The summed E-state index contributed by atoms with van der Waals surface area (Å²) in [5.41, 5.74) is 13.3. The minimum Gasteiger partial charge on any atom is -0.508 e. The number of carbonyl (C=O) groups excluding carboxylic acids is 6. The van der Waals surface area contributed by atoms with Crippen LogP contribution in [-0.2, 0) is 52.8 Å². The van der Waals surface area contributed by atoms with Crippen molar-refractivity contribution in [3.63, 3.8) is 0 Å². The molecule has 55 heavy (non-hydrogen) atoms. The van der Waals surface area contributed by atoms with Crippen molar-refractivity contribution in [3.05, 3.63) is 83.9 Å². The Labute approximate surface area is 316 Å². The fraction of sp³-hybridized carbons (Fsp3) is 0.389. The number of carboxylic acid groups (broad SMARTS) is 1.